The predicted octanol–water partition coefficient (Wildman–Crippen LogP) is 2.91. The lowest BCUT2D eigenvalue weighted by molar-refractivity contribution is 0.398. The molecule has 1 aliphatic rings. The Kier molecular flexibility index (Phi) is 3.39. The van der Waals surface area contributed by atoms with Crippen molar-refractivity contribution in [3.8, 4) is 0 Å². The van der Waals surface area contributed by atoms with Crippen molar-refractivity contribution in [2.75, 3.05) is 13.1 Å². The Labute approximate surface area is 83.3 Å². The smallest absolute Gasteiger partial charge is 0.00202 e. The van der Waals surface area contributed by atoms with Crippen LogP contribution in [0.25, 0.3) is 0 Å². The summed E-state index contributed by atoms with van der Waals surface area (Å²) >= 11 is 0. The van der Waals surface area contributed by atoms with Crippen molar-refractivity contribution in [2.45, 2.75) is 41.0 Å². The molecule has 1 aliphatic carbocycles. The first-order chi connectivity index (χ1) is 6.01. The summed E-state index contributed by atoms with van der Waals surface area (Å²) in [6.07, 6.45) is 1.25. The van der Waals surface area contributed by atoms with E-state index < -0.39 is 0 Å². The van der Waals surface area contributed by atoms with Gasteiger partial charge in [-0.1, -0.05) is 34.6 Å². The van der Waals surface area contributed by atoms with Crippen LogP contribution in [0, 0.1) is 23.2 Å². The Hall–Kier alpha value is -0.0400. The molecule has 0 spiro atoms. The summed E-state index contributed by atoms with van der Waals surface area (Å²) in [4.78, 5) is 0. The van der Waals surface area contributed by atoms with Gasteiger partial charge in [0.25, 0.3) is 0 Å². The first-order valence-corrected chi connectivity index (χ1v) is 5.72. The monoisotopic (exact) mass is 183 g/mol. The van der Waals surface area contributed by atoms with Crippen molar-refractivity contribution in [1.82, 2.24) is 5.32 Å². The maximum atomic E-state index is 3.51. The summed E-state index contributed by atoms with van der Waals surface area (Å²) in [5, 5.41) is 3.51. The van der Waals surface area contributed by atoms with Crippen molar-refractivity contribution >= 4 is 0 Å². The van der Waals surface area contributed by atoms with Gasteiger partial charge in [-0.05, 0) is 42.7 Å². The minimum absolute atomic E-state index is 0.604. The van der Waals surface area contributed by atoms with Crippen LogP contribution in [0.1, 0.15) is 41.0 Å². The lowest BCUT2D eigenvalue weighted by Crippen LogP contribution is -2.24. The van der Waals surface area contributed by atoms with E-state index in [9.17, 15) is 0 Å². The second-order valence-corrected chi connectivity index (χ2v) is 5.32. The summed E-state index contributed by atoms with van der Waals surface area (Å²) in [7, 11) is 0. The molecule has 0 radical (unpaired) electrons. The molecule has 1 saturated carbocycles. The lowest BCUT2D eigenvalue weighted by atomic mass is 9.99. The summed E-state index contributed by atoms with van der Waals surface area (Å²) < 4.78 is 0. The van der Waals surface area contributed by atoms with E-state index >= 15 is 0 Å². The van der Waals surface area contributed by atoms with Gasteiger partial charge in [-0.3, -0.25) is 0 Å². The lowest BCUT2D eigenvalue weighted by Gasteiger charge is -2.13. The van der Waals surface area contributed by atoms with E-state index in [0.717, 1.165) is 17.8 Å². The van der Waals surface area contributed by atoms with E-state index in [1.165, 1.54) is 19.5 Å². The highest BCUT2D eigenvalue weighted by Crippen LogP contribution is 2.61. The summed E-state index contributed by atoms with van der Waals surface area (Å²) in [5.74, 6) is 2.71. The second-order valence-electron chi connectivity index (χ2n) is 5.32. The van der Waals surface area contributed by atoms with Crippen molar-refractivity contribution in [1.29, 1.82) is 0 Å². The van der Waals surface area contributed by atoms with Crippen LogP contribution >= 0.6 is 0 Å². The Morgan fingerprint density at radius 2 is 1.92 bits per heavy atom. The normalized spacial score (nSPS) is 33.0. The molecule has 78 valence electrons. The molecule has 1 heteroatoms. The second kappa shape index (κ2) is 4.00. The Morgan fingerprint density at radius 3 is 2.31 bits per heavy atom. The van der Waals surface area contributed by atoms with Gasteiger partial charge in [0.05, 0.1) is 0 Å². The van der Waals surface area contributed by atoms with Crippen molar-refractivity contribution < 1.29 is 0 Å². The highest BCUT2D eigenvalue weighted by atomic mass is 14.9. The van der Waals surface area contributed by atoms with Crippen LogP contribution in [0.2, 0.25) is 0 Å². The largest absolute Gasteiger partial charge is 0.316 e. The van der Waals surface area contributed by atoms with Crippen LogP contribution in [0.5, 0.6) is 0 Å². The van der Waals surface area contributed by atoms with Gasteiger partial charge in [-0.15, -0.1) is 0 Å². The van der Waals surface area contributed by atoms with Crippen LogP contribution in [-0.2, 0) is 0 Å². The molecule has 1 fully saturated rings. The molecule has 0 aromatic rings. The molecule has 0 aromatic carbocycles. The fraction of sp³-hybridized carbons (Fsp3) is 1.00. The number of nitrogens with one attached hydrogen (secondary N) is 1. The number of hydrogen-bond donors (Lipinski definition) is 1. The van der Waals surface area contributed by atoms with Gasteiger partial charge in [0, 0.05) is 0 Å². The third kappa shape index (κ3) is 2.25. The van der Waals surface area contributed by atoms with Crippen molar-refractivity contribution in [3.63, 3.8) is 0 Å². The summed E-state index contributed by atoms with van der Waals surface area (Å²) in [5.41, 5.74) is 0.604. The van der Waals surface area contributed by atoms with Crippen LogP contribution in [0.3, 0.4) is 0 Å². The zero-order chi connectivity index (χ0) is 10.1. The van der Waals surface area contributed by atoms with E-state index in [4.69, 9.17) is 0 Å². The van der Waals surface area contributed by atoms with Crippen LogP contribution in [0.4, 0.5) is 0 Å². The van der Waals surface area contributed by atoms with Crippen LogP contribution in [-0.4, -0.2) is 13.1 Å². The quantitative estimate of drug-likeness (QED) is 0.646. The van der Waals surface area contributed by atoms with Gasteiger partial charge in [0.2, 0.25) is 0 Å². The molecule has 0 heterocycles. The maximum absolute atomic E-state index is 3.51. The minimum Gasteiger partial charge on any atom is -0.316 e. The van der Waals surface area contributed by atoms with E-state index in [2.05, 4.69) is 39.9 Å². The van der Waals surface area contributed by atoms with Crippen LogP contribution < -0.4 is 5.32 Å². The van der Waals surface area contributed by atoms with Gasteiger partial charge < -0.3 is 5.32 Å². The van der Waals surface area contributed by atoms with E-state index in [1.807, 2.05) is 0 Å². The molecule has 0 aliphatic heterocycles. The first kappa shape index (κ1) is 11.0. The minimum atomic E-state index is 0.604. The topological polar surface area (TPSA) is 12.0 Å². The fourth-order valence-electron chi connectivity index (χ4n) is 2.80. The molecule has 1 N–H and O–H groups in total. The third-order valence-corrected chi connectivity index (χ3v) is 3.97. The SMILES string of the molecule is CCCNCC(C)C1C(C)C1(C)C. The van der Waals surface area contributed by atoms with Crippen LogP contribution in [0.15, 0.2) is 0 Å². The first-order valence-electron chi connectivity index (χ1n) is 5.72. The molecule has 0 amide bonds. The average Bonchev–Trinajstić information content (AvgIpc) is 2.52. The number of hydrogen-bond acceptors (Lipinski definition) is 1. The summed E-state index contributed by atoms with van der Waals surface area (Å²) in [6, 6.07) is 0. The number of rotatable bonds is 5. The molecule has 3 unspecified atom stereocenters. The predicted molar refractivity (Wildman–Crippen MR) is 58.8 cm³/mol. The standard InChI is InChI=1S/C12H25N/c1-6-7-13-8-9(2)11-10(3)12(11,4)5/h9-11,13H,6-8H2,1-5H3. The van der Waals surface area contributed by atoms with Gasteiger partial charge in [-0.25, -0.2) is 0 Å². The Balaban J connectivity index is 2.22. The third-order valence-electron chi connectivity index (χ3n) is 3.97. The van der Waals surface area contributed by atoms with Crippen molar-refractivity contribution in [3.05, 3.63) is 0 Å². The highest BCUT2D eigenvalue weighted by molar-refractivity contribution is 5.04. The van der Waals surface area contributed by atoms with Gasteiger partial charge in [-0.2, -0.15) is 0 Å². The summed E-state index contributed by atoms with van der Waals surface area (Å²) in [6.45, 7) is 14.2. The zero-order valence-electron chi connectivity index (χ0n) is 9.85. The van der Waals surface area contributed by atoms with Gasteiger partial charge in [0.1, 0.15) is 0 Å². The Bertz CT molecular complexity index is 163. The molecule has 0 saturated heterocycles. The molecule has 1 rings (SSSR count). The molecule has 0 bridgehead atoms. The molecular formula is C12H25N. The zero-order valence-corrected chi connectivity index (χ0v) is 9.85. The fourth-order valence-corrected chi connectivity index (χ4v) is 2.80. The molecular weight excluding hydrogens is 158 g/mol. The molecule has 1 nitrogen and oxygen atoms in total. The highest BCUT2D eigenvalue weighted by Gasteiger charge is 2.56. The maximum Gasteiger partial charge on any atom is -0.00202 e. The molecule has 0 aromatic heterocycles. The van der Waals surface area contributed by atoms with E-state index in [1.54, 1.807) is 0 Å². The Morgan fingerprint density at radius 1 is 1.38 bits per heavy atom. The molecule has 13 heavy (non-hydrogen) atoms. The van der Waals surface area contributed by atoms with Gasteiger partial charge in [0.15, 0.2) is 0 Å². The van der Waals surface area contributed by atoms with Crippen molar-refractivity contribution in [2.24, 2.45) is 23.2 Å². The van der Waals surface area contributed by atoms with E-state index in [0.29, 0.717) is 5.41 Å². The molecule has 3 atom stereocenters. The van der Waals surface area contributed by atoms with E-state index in [-0.39, 0.29) is 0 Å². The average molecular weight is 183 g/mol. The van der Waals surface area contributed by atoms with Gasteiger partial charge >= 0.3 is 0 Å².